The number of hydrogen-bond acceptors (Lipinski definition) is 6. The van der Waals surface area contributed by atoms with E-state index < -0.39 is 18.2 Å². The molecule has 1 fully saturated rings. The molecule has 3 heterocycles. The smallest absolute Gasteiger partial charge is 0.231 e. The molecule has 1 amide bonds. The van der Waals surface area contributed by atoms with Crippen LogP contribution in [-0.4, -0.2) is 51.3 Å². The molecule has 6 nitrogen and oxygen atoms in total. The average molecular weight is 415 g/mol. The number of rotatable bonds is 6. The topological polar surface area (TPSA) is 87.1 Å². The molecule has 152 valence electrons. The predicted octanol–water partition coefficient (Wildman–Crippen LogP) is 2.91. The molecule has 8 heteroatoms. The normalized spacial score (nSPS) is 24.3. The van der Waals surface area contributed by atoms with Gasteiger partial charge in [-0.15, -0.1) is 0 Å². The Bertz CT molecular complexity index is 1010. The number of pyridine rings is 2. The lowest BCUT2D eigenvalue weighted by Gasteiger charge is -2.25. The molecule has 0 aromatic carbocycles. The van der Waals surface area contributed by atoms with Gasteiger partial charge in [0.25, 0.3) is 0 Å². The number of dihydropyridines is 1. The number of hydrogen-bond donors (Lipinski definition) is 3. The first-order valence-corrected chi connectivity index (χ1v) is 10.9. The van der Waals surface area contributed by atoms with Gasteiger partial charge in [0, 0.05) is 40.7 Å². The van der Waals surface area contributed by atoms with Gasteiger partial charge < -0.3 is 15.7 Å². The van der Waals surface area contributed by atoms with Crippen LogP contribution in [0.25, 0.3) is 16.3 Å². The van der Waals surface area contributed by atoms with E-state index in [2.05, 4.69) is 20.6 Å². The van der Waals surface area contributed by atoms with E-state index in [1.807, 2.05) is 31.5 Å². The Morgan fingerprint density at radius 2 is 2.10 bits per heavy atom. The zero-order valence-corrected chi connectivity index (χ0v) is 17.0. The van der Waals surface area contributed by atoms with Gasteiger partial charge in [0.2, 0.25) is 5.91 Å². The number of allylic oxidation sites excluding steroid dienone is 2. The highest BCUT2D eigenvalue weighted by Gasteiger charge is 2.43. The quantitative estimate of drug-likeness (QED) is 0.674. The van der Waals surface area contributed by atoms with Crippen molar-refractivity contribution >= 4 is 39.8 Å². The van der Waals surface area contributed by atoms with Crippen molar-refractivity contribution in [3.05, 3.63) is 48.1 Å². The maximum Gasteiger partial charge on any atom is 0.231 e. The van der Waals surface area contributed by atoms with Crippen molar-refractivity contribution < 1.29 is 14.3 Å². The van der Waals surface area contributed by atoms with Gasteiger partial charge >= 0.3 is 0 Å². The van der Waals surface area contributed by atoms with E-state index >= 15 is 0 Å². The third-order valence-corrected chi connectivity index (χ3v) is 5.88. The molecule has 0 bridgehead atoms. The van der Waals surface area contributed by atoms with Gasteiger partial charge in [0.15, 0.2) is 0 Å². The van der Waals surface area contributed by atoms with Gasteiger partial charge in [-0.3, -0.25) is 9.78 Å². The van der Waals surface area contributed by atoms with Gasteiger partial charge in [0.05, 0.1) is 23.8 Å². The SMILES string of the molecule is CSCC(O)C1C=C(C)C(c2cc3cnc(NC(=O)C4CC4F)cc3cn2)=CN1. The van der Waals surface area contributed by atoms with E-state index in [1.54, 1.807) is 30.2 Å². The molecule has 2 aromatic rings. The summed E-state index contributed by atoms with van der Waals surface area (Å²) in [6, 6.07) is 3.57. The van der Waals surface area contributed by atoms with Crippen LogP contribution in [0.3, 0.4) is 0 Å². The molecule has 2 aliphatic rings. The van der Waals surface area contributed by atoms with Crippen molar-refractivity contribution in [2.24, 2.45) is 5.92 Å². The Labute approximate surface area is 172 Å². The molecule has 1 aliphatic heterocycles. The Hall–Kier alpha value is -2.45. The van der Waals surface area contributed by atoms with Crippen molar-refractivity contribution in [2.45, 2.75) is 31.7 Å². The van der Waals surface area contributed by atoms with E-state index in [4.69, 9.17) is 0 Å². The molecule has 29 heavy (non-hydrogen) atoms. The number of nitrogens with one attached hydrogen (secondary N) is 2. The molecular formula is C21H23FN4O2S. The fraction of sp³-hybridized carbons (Fsp3) is 0.381. The lowest BCUT2D eigenvalue weighted by atomic mass is 9.96. The van der Waals surface area contributed by atoms with Crippen molar-refractivity contribution in [2.75, 3.05) is 17.3 Å². The number of anilines is 1. The molecule has 3 N–H and O–H groups in total. The van der Waals surface area contributed by atoms with Crippen molar-refractivity contribution in [1.29, 1.82) is 0 Å². The van der Waals surface area contributed by atoms with Crippen LogP contribution in [0.2, 0.25) is 0 Å². The summed E-state index contributed by atoms with van der Waals surface area (Å²) in [5.74, 6) is 0.186. The van der Waals surface area contributed by atoms with Crippen LogP contribution >= 0.6 is 11.8 Å². The van der Waals surface area contributed by atoms with Gasteiger partial charge in [0.1, 0.15) is 12.0 Å². The summed E-state index contributed by atoms with van der Waals surface area (Å²) in [4.78, 5) is 20.7. The number of carbonyl (C=O) groups is 1. The highest BCUT2D eigenvalue weighted by Crippen LogP contribution is 2.34. The summed E-state index contributed by atoms with van der Waals surface area (Å²) in [6.07, 6.45) is 8.10. The third kappa shape index (κ3) is 4.28. The number of carbonyl (C=O) groups excluding carboxylic acids is 1. The third-order valence-electron chi connectivity index (χ3n) is 5.21. The zero-order valence-electron chi connectivity index (χ0n) is 16.2. The fourth-order valence-electron chi connectivity index (χ4n) is 3.38. The number of fused-ring (bicyclic) bond motifs is 1. The largest absolute Gasteiger partial charge is 0.390 e. The lowest BCUT2D eigenvalue weighted by Crippen LogP contribution is -2.39. The molecule has 0 saturated heterocycles. The molecule has 2 aromatic heterocycles. The first kappa shape index (κ1) is 19.8. The van der Waals surface area contributed by atoms with Gasteiger partial charge in [-0.05, 0) is 37.3 Å². The van der Waals surface area contributed by atoms with Gasteiger partial charge in [-0.25, -0.2) is 9.37 Å². The molecule has 4 unspecified atom stereocenters. The van der Waals surface area contributed by atoms with Crippen LogP contribution in [-0.2, 0) is 4.79 Å². The number of nitrogens with zero attached hydrogens (tertiary/aromatic N) is 2. The second-order valence-corrected chi connectivity index (χ2v) is 8.37. The summed E-state index contributed by atoms with van der Waals surface area (Å²) in [5, 5.41) is 17.8. The summed E-state index contributed by atoms with van der Waals surface area (Å²) in [7, 11) is 0. The van der Waals surface area contributed by atoms with E-state index in [0.29, 0.717) is 11.6 Å². The first-order valence-electron chi connectivity index (χ1n) is 9.49. The van der Waals surface area contributed by atoms with E-state index in [9.17, 15) is 14.3 Å². The number of aromatic nitrogens is 2. The van der Waals surface area contributed by atoms with Crippen molar-refractivity contribution in [3.8, 4) is 0 Å². The predicted molar refractivity (Wildman–Crippen MR) is 114 cm³/mol. The number of aliphatic hydroxyl groups is 1. The number of aliphatic hydroxyl groups excluding tert-OH is 1. The highest BCUT2D eigenvalue weighted by molar-refractivity contribution is 7.98. The van der Waals surface area contributed by atoms with Crippen LogP contribution < -0.4 is 10.6 Å². The van der Waals surface area contributed by atoms with Gasteiger partial charge in [-0.2, -0.15) is 11.8 Å². The van der Waals surface area contributed by atoms with Crippen LogP contribution in [0.15, 0.2) is 42.4 Å². The minimum Gasteiger partial charge on any atom is -0.390 e. The second kappa shape index (κ2) is 8.12. The molecule has 4 rings (SSSR count). The van der Waals surface area contributed by atoms with Crippen LogP contribution in [0.1, 0.15) is 19.0 Å². The lowest BCUT2D eigenvalue weighted by molar-refractivity contribution is -0.117. The van der Waals surface area contributed by atoms with E-state index in [1.165, 1.54) is 0 Å². The summed E-state index contributed by atoms with van der Waals surface area (Å²) >= 11 is 1.61. The standard InChI is InChI=1S/C21H23FN4O2S/c1-11-3-18(19(27)10-29-2)24-9-15(11)17-4-12-8-25-20(5-13(12)7-23-17)26-21(28)14-6-16(14)22/h3-5,7-9,14,16,18-19,24,27H,6,10H2,1-2H3,(H,25,26,28). The number of thioether (sulfide) groups is 1. The summed E-state index contributed by atoms with van der Waals surface area (Å²) < 4.78 is 13.0. The minimum absolute atomic E-state index is 0.116. The molecular weight excluding hydrogens is 391 g/mol. The minimum atomic E-state index is -1.03. The van der Waals surface area contributed by atoms with Crippen molar-refractivity contribution in [1.82, 2.24) is 15.3 Å². The zero-order chi connectivity index (χ0) is 20.5. The number of amides is 1. The van der Waals surface area contributed by atoms with Crippen LogP contribution in [0.5, 0.6) is 0 Å². The Morgan fingerprint density at radius 1 is 1.38 bits per heavy atom. The molecule has 0 spiro atoms. The first-order chi connectivity index (χ1) is 14.0. The Morgan fingerprint density at radius 3 is 2.79 bits per heavy atom. The Kier molecular flexibility index (Phi) is 5.56. The number of halogens is 1. The maximum absolute atomic E-state index is 13.0. The van der Waals surface area contributed by atoms with Crippen molar-refractivity contribution in [3.63, 3.8) is 0 Å². The Balaban J connectivity index is 1.51. The molecule has 1 aliphatic carbocycles. The highest BCUT2D eigenvalue weighted by atomic mass is 32.2. The van der Waals surface area contributed by atoms with Crippen LogP contribution in [0, 0.1) is 5.92 Å². The maximum atomic E-state index is 13.0. The summed E-state index contributed by atoms with van der Waals surface area (Å²) in [6.45, 7) is 2.00. The van der Waals surface area contributed by atoms with Gasteiger partial charge in [-0.1, -0.05) is 6.08 Å². The molecule has 0 radical (unpaired) electrons. The monoisotopic (exact) mass is 414 g/mol. The molecule has 4 atom stereocenters. The molecule has 1 saturated carbocycles. The van der Waals surface area contributed by atoms with E-state index in [-0.39, 0.29) is 18.4 Å². The van der Waals surface area contributed by atoms with Crippen LogP contribution in [0.4, 0.5) is 10.2 Å². The number of alkyl halides is 1. The fourth-order valence-corrected chi connectivity index (χ4v) is 3.93. The summed E-state index contributed by atoms with van der Waals surface area (Å²) in [5.41, 5.74) is 2.80. The average Bonchev–Trinajstić information content (AvgIpc) is 3.44. The second-order valence-electron chi connectivity index (χ2n) is 7.46. The van der Waals surface area contributed by atoms with E-state index in [0.717, 1.165) is 27.6 Å².